The van der Waals surface area contributed by atoms with Crippen molar-refractivity contribution in [3.8, 4) is 11.3 Å². The molecule has 2 heterocycles. The van der Waals surface area contributed by atoms with Crippen LogP contribution in [0, 0.1) is 11.6 Å². The van der Waals surface area contributed by atoms with Gasteiger partial charge in [-0.3, -0.25) is 4.90 Å². The number of amides is 1. The summed E-state index contributed by atoms with van der Waals surface area (Å²) in [5.74, 6) is -0.857. The van der Waals surface area contributed by atoms with Crippen molar-refractivity contribution in [2.45, 2.75) is 18.9 Å². The van der Waals surface area contributed by atoms with Crippen LogP contribution in [0.25, 0.3) is 11.3 Å². The molecule has 1 aliphatic rings. The Morgan fingerprint density at radius 2 is 2.24 bits per heavy atom. The lowest BCUT2D eigenvalue weighted by atomic mass is 10.1. The number of nitrogens with zero attached hydrogens (tertiary/aromatic N) is 2. The monoisotopic (exact) mass is 293 g/mol. The number of benzene rings is 1. The first-order valence-electron chi connectivity index (χ1n) is 6.56. The number of aromatic nitrogens is 2. The van der Waals surface area contributed by atoms with Gasteiger partial charge in [-0.2, -0.15) is 0 Å². The van der Waals surface area contributed by atoms with E-state index in [4.69, 9.17) is 5.11 Å². The summed E-state index contributed by atoms with van der Waals surface area (Å²) in [6, 6.07) is 2.94. The number of likely N-dealkylation sites (tertiary alicyclic amines) is 1. The van der Waals surface area contributed by atoms with E-state index < -0.39 is 17.7 Å². The summed E-state index contributed by atoms with van der Waals surface area (Å²) >= 11 is 0. The summed E-state index contributed by atoms with van der Waals surface area (Å²) in [5, 5.41) is 9.13. The SMILES string of the molecule is O=C(O)N1CCC[C@H]1c1ncc(-c2ccc(F)cc2F)[nH]1. The fourth-order valence-corrected chi connectivity index (χ4v) is 2.63. The highest BCUT2D eigenvalue weighted by Crippen LogP contribution is 2.31. The van der Waals surface area contributed by atoms with Crippen LogP contribution >= 0.6 is 0 Å². The molecule has 21 heavy (non-hydrogen) atoms. The van der Waals surface area contributed by atoms with Crippen LogP contribution in [0.3, 0.4) is 0 Å². The zero-order chi connectivity index (χ0) is 15.0. The van der Waals surface area contributed by atoms with E-state index >= 15 is 0 Å². The zero-order valence-electron chi connectivity index (χ0n) is 11.0. The van der Waals surface area contributed by atoms with Gasteiger partial charge in [0.05, 0.1) is 17.9 Å². The van der Waals surface area contributed by atoms with E-state index in [9.17, 15) is 13.6 Å². The zero-order valence-corrected chi connectivity index (χ0v) is 11.0. The molecule has 2 aromatic rings. The van der Waals surface area contributed by atoms with Crippen molar-refractivity contribution in [2.24, 2.45) is 0 Å². The summed E-state index contributed by atoms with van der Waals surface area (Å²) in [6.07, 6.45) is 1.87. The molecule has 0 spiro atoms. The van der Waals surface area contributed by atoms with Crippen LogP contribution in [-0.2, 0) is 0 Å². The molecule has 5 nitrogen and oxygen atoms in total. The normalized spacial score (nSPS) is 18.2. The van der Waals surface area contributed by atoms with Crippen molar-refractivity contribution < 1.29 is 18.7 Å². The largest absolute Gasteiger partial charge is 0.465 e. The molecule has 1 aromatic heterocycles. The third kappa shape index (κ3) is 2.46. The van der Waals surface area contributed by atoms with Crippen molar-refractivity contribution in [1.29, 1.82) is 0 Å². The van der Waals surface area contributed by atoms with Gasteiger partial charge in [0.25, 0.3) is 0 Å². The second-order valence-electron chi connectivity index (χ2n) is 4.94. The maximum absolute atomic E-state index is 13.7. The highest BCUT2D eigenvalue weighted by Gasteiger charge is 2.31. The van der Waals surface area contributed by atoms with E-state index in [2.05, 4.69) is 9.97 Å². The number of carbonyl (C=O) groups is 1. The lowest BCUT2D eigenvalue weighted by Gasteiger charge is -2.19. The summed E-state index contributed by atoms with van der Waals surface area (Å²) in [5.41, 5.74) is 0.606. The number of imidazole rings is 1. The summed E-state index contributed by atoms with van der Waals surface area (Å²) in [6.45, 7) is 0.459. The first-order valence-corrected chi connectivity index (χ1v) is 6.56. The Kier molecular flexibility index (Phi) is 3.32. The fourth-order valence-electron chi connectivity index (χ4n) is 2.63. The fraction of sp³-hybridized carbons (Fsp3) is 0.286. The molecule has 1 atom stereocenters. The first-order chi connectivity index (χ1) is 10.1. The lowest BCUT2D eigenvalue weighted by molar-refractivity contribution is 0.139. The topological polar surface area (TPSA) is 69.2 Å². The van der Waals surface area contributed by atoms with Gasteiger partial charge in [0.15, 0.2) is 0 Å². The van der Waals surface area contributed by atoms with Crippen LogP contribution in [0.1, 0.15) is 24.7 Å². The molecule has 1 fully saturated rings. The van der Waals surface area contributed by atoms with E-state index in [1.807, 2.05) is 0 Å². The third-order valence-electron chi connectivity index (χ3n) is 3.63. The molecular weight excluding hydrogens is 280 g/mol. The van der Waals surface area contributed by atoms with Crippen molar-refractivity contribution >= 4 is 6.09 Å². The number of aromatic amines is 1. The Morgan fingerprint density at radius 1 is 1.43 bits per heavy atom. The molecule has 1 aliphatic heterocycles. The average Bonchev–Trinajstić information content (AvgIpc) is 3.06. The molecule has 0 bridgehead atoms. The molecule has 2 N–H and O–H groups in total. The van der Waals surface area contributed by atoms with Gasteiger partial charge < -0.3 is 10.1 Å². The number of hydrogen-bond acceptors (Lipinski definition) is 2. The van der Waals surface area contributed by atoms with Gasteiger partial charge in [-0.15, -0.1) is 0 Å². The molecule has 110 valence electrons. The molecule has 7 heteroatoms. The number of rotatable bonds is 2. The minimum atomic E-state index is -0.997. The molecule has 1 amide bonds. The van der Waals surface area contributed by atoms with Crippen molar-refractivity contribution in [3.05, 3.63) is 41.9 Å². The van der Waals surface area contributed by atoms with Gasteiger partial charge >= 0.3 is 6.09 Å². The molecule has 0 unspecified atom stereocenters. The van der Waals surface area contributed by atoms with E-state index in [0.29, 0.717) is 24.5 Å². The summed E-state index contributed by atoms with van der Waals surface area (Å²) in [7, 11) is 0. The Balaban J connectivity index is 1.91. The Morgan fingerprint density at radius 3 is 2.95 bits per heavy atom. The first kappa shape index (κ1) is 13.5. The van der Waals surface area contributed by atoms with Gasteiger partial charge in [0, 0.05) is 18.2 Å². The lowest BCUT2D eigenvalue weighted by Crippen LogP contribution is -2.29. The smallest absolute Gasteiger partial charge is 0.407 e. The number of nitrogens with one attached hydrogen (secondary N) is 1. The number of halogens is 2. The maximum Gasteiger partial charge on any atom is 0.407 e. The van der Waals surface area contributed by atoms with Gasteiger partial charge in [-0.1, -0.05) is 0 Å². The van der Waals surface area contributed by atoms with Crippen molar-refractivity contribution in [3.63, 3.8) is 0 Å². The highest BCUT2D eigenvalue weighted by atomic mass is 19.1. The predicted octanol–water partition coefficient (Wildman–Crippen LogP) is 3.17. The molecule has 1 saturated heterocycles. The average molecular weight is 293 g/mol. The van der Waals surface area contributed by atoms with E-state index in [1.165, 1.54) is 17.2 Å². The molecule has 0 aliphatic carbocycles. The van der Waals surface area contributed by atoms with Crippen LogP contribution in [0.5, 0.6) is 0 Å². The van der Waals surface area contributed by atoms with Crippen molar-refractivity contribution in [1.82, 2.24) is 14.9 Å². The molecule has 0 saturated carbocycles. The van der Waals surface area contributed by atoms with Crippen LogP contribution in [0.2, 0.25) is 0 Å². The van der Waals surface area contributed by atoms with E-state index in [0.717, 1.165) is 18.6 Å². The maximum atomic E-state index is 13.7. The summed E-state index contributed by atoms with van der Waals surface area (Å²) in [4.78, 5) is 19.5. The standard InChI is InChI=1S/C14H13F2N3O2/c15-8-3-4-9(10(16)6-8)11-7-17-13(18-11)12-2-1-5-19(12)14(20)21/h3-4,6-7,12H,1-2,5H2,(H,17,18)(H,20,21)/t12-/m0/s1. The van der Waals surface area contributed by atoms with Crippen molar-refractivity contribution in [2.75, 3.05) is 6.54 Å². The van der Waals surface area contributed by atoms with Gasteiger partial charge in [0.2, 0.25) is 0 Å². The van der Waals surface area contributed by atoms with Gasteiger partial charge in [-0.05, 0) is 25.0 Å². The molecule has 3 rings (SSSR count). The Bertz CT molecular complexity index is 687. The molecule has 0 radical (unpaired) electrons. The second-order valence-corrected chi connectivity index (χ2v) is 4.94. The minimum absolute atomic E-state index is 0.204. The molecule has 1 aromatic carbocycles. The van der Waals surface area contributed by atoms with Crippen LogP contribution < -0.4 is 0 Å². The van der Waals surface area contributed by atoms with Crippen LogP contribution in [-0.4, -0.2) is 32.6 Å². The minimum Gasteiger partial charge on any atom is -0.465 e. The highest BCUT2D eigenvalue weighted by molar-refractivity contribution is 5.66. The Hall–Kier alpha value is -2.44. The number of carboxylic acid groups (broad SMARTS) is 1. The third-order valence-corrected chi connectivity index (χ3v) is 3.63. The number of hydrogen-bond donors (Lipinski definition) is 2. The Labute approximate surface area is 119 Å². The quantitative estimate of drug-likeness (QED) is 0.893. The van der Waals surface area contributed by atoms with E-state index in [1.54, 1.807) is 0 Å². The van der Waals surface area contributed by atoms with Crippen LogP contribution in [0.4, 0.5) is 13.6 Å². The molecular formula is C14H13F2N3O2. The number of H-pyrrole nitrogens is 1. The van der Waals surface area contributed by atoms with Gasteiger partial charge in [0.1, 0.15) is 17.5 Å². The predicted molar refractivity (Wildman–Crippen MR) is 70.6 cm³/mol. The van der Waals surface area contributed by atoms with Gasteiger partial charge in [-0.25, -0.2) is 18.6 Å². The second kappa shape index (κ2) is 5.16. The summed E-state index contributed by atoms with van der Waals surface area (Å²) < 4.78 is 26.7. The van der Waals surface area contributed by atoms with Crippen LogP contribution in [0.15, 0.2) is 24.4 Å². The van der Waals surface area contributed by atoms with E-state index in [-0.39, 0.29) is 11.6 Å².